The quantitative estimate of drug-likeness (QED) is 0.735. The van der Waals surface area contributed by atoms with Crippen LogP contribution in [0.25, 0.3) is 11.2 Å². The normalized spacial score (nSPS) is 23.6. The molecule has 2 aromatic rings. The number of hydrogen-bond donors (Lipinski definition) is 2. The van der Waals surface area contributed by atoms with E-state index in [1.807, 2.05) is 10.6 Å². The summed E-state index contributed by atoms with van der Waals surface area (Å²) in [6.45, 7) is 0.177. The molecule has 1 aliphatic rings. The van der Waals surface area contributed by atoms with Crippen molar-refractivity contribution in [3.8, 4) is 0 Å². The van der Waals surface area contributed by atoms with Crippen LogP contribution in [0.4, 0.5) is 5.95 Å². The summed E-state index contributed by atoms with van der Waals surface area (Å²) in [5.41, 5.74) is 7.06. The van der Waals surface area contributed by atoms with E-state index >= 15 is 0 Å². The highest BCUT2D eigenvalue weighted by molar-refractivity contribution is 5.70. The topological polar surface area (TPSA) is 89.8 Å². The molecule has 0 saturated heterocycles. The van der Waals surface area contributed by atoms with E-state index in [-0.39, 0.29) is 24.5 Å². The molecule has 3 rings (SSSR count). The first kappa shape index (κ1) is 10.2. The molecule has 2 unspecified atom stereocenters. The molecule has 0 radical (unpaired) electrons. The van der Waals surface area contributed by atoms with E-state index < -0.39 is 0 Å². The molecule has 0 aromatic carbocycles. The Morgan fingerprint density at radius 2 is 2.29 bits per heavy atom. The lowest BCUT2D eigenvalue weighted by Crippen LogP contribution is -2.08. The lowest BCUT2D eigenvalue weighted by Gasteiger charge is -2.12. The number of nitrogen functional groups attached to an aromatic ring is 1. The Balaban J connectivity index is 2.01. The summed E-state index contributed by atoms with van der Waals surface area (Å²) in [5, 5.41) is 9.12. The van der Waals surface area contributed by atoms with Crippen molar-refractivity contribution < 1.29 is 5.11 Å². The molecule has 2 aromatic heterocycles. The number of aliphatic hydroxyl groups excluding tert-OH is 1. The average molecular weight is 231 g/mol. The number of imidazole rings is 1. The van der Waals surface area contributed by atoms with Crippen LogP contribution in [-0.4, -0.2) is 31.2 Å². The number of aliphatic hydroxyl groups is 1. The smallest absolute Gasteiger partial charge is 0.222 e. The Labute approximate surface area is 97.8 Å². The van der Waals surface area contributed by atoms with Gasteiger partial charge in [0.05, 0.1) is 18.6 Å². The van der Waals surface area contributed by atoms with Crippen LogP contribution in [-0.2, 0) is 0 Å². The molecule has 3 N–H and O–H groups in total. The third-order valence-corrected chi connectivity index (χ3v) is 3.08. The number of rotatable bonds is 2. The predicted molar refractivity (Wildman–Crippen MR) is 63.1 cm³/mol. The highest BCUT2D eigenvalue weighted by Crippen LogP contribution is 2.29. The summed E-state index contributed by atoms with van der Waals surface area (Å²) >= 11 is 0. The molecule has 88 valence electrons. The minimum absolute atomic E-state index is 0.177. The monoisotopic (exact) mass is 231 g/mol. The minimum atomic E-state index is 0.177. The highest BCUT2D eigenvalue weighted by Gasteiger charge is 2.21. The van der Waals surface area contributed by atoms with E-state index in [2.05, 4.69) is 21.0 Å². The van der Waals surface area contributed by atoms with Gasteiger partial charge in [0.15, 0.2) is 5.65 Å². The van der Waals surface area contributed by atoms with Crippen LogP contribution < -0.4 is 5.73 Å². The van der Waals surface area contributed by atoms with Gasteiger partial charge in [-0.15, -0.1) is 0 Å². The van der Waals surface area contributed by atoms with Gasteiger partial charge in [0, 0.05) is 12.5 Å². The van der Waals surface area contributed by atoms with Gasteiger partial charge >= 0.3 is 0 Å². The molecule has 6 heteroatoms. The molecule has 6 nitrogen and oxygen atoms in total. The number of aromatic nitrogens is 4. The van der Waals surface area contributed by atoms with Crippen LogP contribution >= 0.6 is 0 Å². The lowest BCUT2D eigenvalue weighted by molar-refractivity contribution is 0.244. The van der Waals surface area contributed by atoms with Gasteiger partial charge in [-0.3, -0.25) is 0 Å². The van der Waals surface area contributed by atoms with Gasteiger partial charge < -0.3 is 15.4 Å². The third-order valence-electron chi connectivity index (χ3n) is 3.08. The number of allylic oxidation sites excluding steroid dienone is 1. The van der Waals surface area contributed by atoms with Crippen molar-refractivity contribution in [1.82, 2.24) is 19.5 Å². The van der Waals surface area contributed by atoms with Gasteiger partial charge in [-0.25, -0.2) is 9.97 Å². The molecular formula is C11H13N5O. The zero-order chi connectivity index (χ0) is 11.8. The van der Waals surface area contributed by atoms with E-state index in [0.717, 1.165) is 17.6 Å². The zero-order valence-corrected chi connectivity index (χ0v) is 9.19. The number of fused-ring (bicyclic) bond motifs is 1. The number of nitrogens with two attached hydrogens (primary N) is 1. The van der Waals surface area contributed by atoms with Gasteiger partial charge in [-0.1, -0.05) is 12.2 Å². The summed E-state index contributed by atoms with van der Waals surface area (Å²) in [5.74, 6) is 0.469. The molecule has 0 saturated carbocycles. The van der Waals surface area contributed by atoms with Gasteiger partial charge in [0.1, 0.15) is 5.52 Å². The summed E-state index contributed by atoms with van der Waals surface area (Å²) in [4.78, 5) is 12.4. The maximum atomic E-state index is 9.12. The van der Waals surface area contributed by atoms with Crippen molar-refractivity contribution >= 4 is 17.1 Å². The van der Waals surface area contributed by atoms with Gasteiger partial charge in [-0.2, -0.15) is 4.98 Å². The van der Waals surface area contributed by atoms with Crippen molar-refractivity contribution in [2.75, 3.05) is 12.3 Å². The zero-order valence-electron chi connectivity index (χ0n) is 9.19. The second-order valence-electron chi connectivity index (χ2n) is 4.22. The van der Waals surface area contributed by atoms with E-state index in [4.69, 9.17) is 10.8 Å². The maximum absolute atomic E-state index is 9.12. The molecule has 2 atom stereocenters. The molecule has 0 aliphatic heterocycles. The highest BCUT2D eigenvalue weighted by atomic mass is 16.3. The van der Waals surface area contributed by atoms with Crippen LogP contribution in [0.1, 0.15) is 12.5 Å². The fraction of sp³-hybridized carbons (Fsp3) is 0.364. The molecule has 17 heavy (non-hydrogen) atoms. The van der Waals surface area contributed by atoms with Crippen LogP contribution in [0.3, 0.4) is 0 Å². The van der Waals surface area contributed by atoms with E-state index in [9.17, 15) is 0 Å². The van der Waals surface area contributed by atoms with Crippen molar-refractivity contribution in [2.24, 2.45) is 5.92 Å². The Bertz CT molecular complexity index is 576. The number of hydrogen-bond acceptors (Lipinski definition) is 5. The largest absolute Gasteiger partial charge is 0.396 e. The van der Waals surface area contributed by atoms with Crippen LogP contribution in [0.15, 0.2) is 24.7 Å². The maximum Gasteiger partial charge on any atom is 0.222 e. The Kier molecular flexibility index (Phi) is 2.29. The molecule has 0 bridgehead atoms. The first-order valence-corrected chi connectivity index (χ1v) is 5.52. The van der Waals surface area contributed by atoms with E-state index in [0.29, 0.717) is 0 Å². The molecule has 0 amide bonds. The van der Waals surface area contributed by atoms with Crippen molar-refractivity contribution in [3.05, 3.63) is 24.7 Å². The van der Waals surface area contributed by atoms with Crippen LogP contribution in [0, 0.1) is 5.92 Å². The Morgan fingerprint density at radius 1 is 1.41 bits per heavy atom. The molecule has 2 heterocycles. The second kappa shape index (κ2) is 3.81. The van der Waals surface area contributed by atoms with E-state index in [1.165, 1.54) is 0 Å². The third kappa shape index (κ3) is 1.66. The molecule has 0 spiro atoms. The first-order chi connectivity index (χ1) is 8.28. The molecular weight excluding hydrogens is 218 g/mol. The molecule has 0 fully saturated rings. The summed E-state index contributed by atoms with van der Waals surface area (Å²) in [7, 11) is 0. The first-order valence-electron chi connectivity index (χ1n) is 5.52. The average Bonchev–Trinajstić information content (AvgIpc) is 2.93. The standard InChI is InChI=1S/C11H13N5O/c12-11-13-4-9-10(15-11)16(6-14-9)8-2-1-7(3-8)5-17/h1-2,4,6-8,17H,3,5H2,(H2,12,13,15). The van der Waals surface area contributed by atoms with E-state index in [1.54, 1.807) is 12.5 Å². The Morgan fingerprint density at radius 3 is 3.06 bits per heavy atom. The summed E-state index contributed by atoms with van der Waals surface area (Å²) in [6, 6.07) is 0.187. The van der Waals surface area contributed by atoms with Gasteiger partial charge in [0.25, 0.3) is 0 Å². The minimum Gasteiger partial charge on any atom is -0.396 e. The van der Waals surface area contributed by atoms with Crippen LogP contribution in [0.2, 0.25) is 0 Å². The fourth-order valence-corrected chi connectivity index (χ4v) is 2.18. The number of nitrogens with zero attached hydrogens (tertiary/aromatic N) is 4. The number of anilines is 1. The van der Waals surface area contributed by atoms with Crippen molar-refractivity contribution in [1.29, 1.82) is 0 Å². The summed E-state index contributed by atoms with van der Waals surface area (Å²) in [6.07, 6.45) is 8.33. The van der Waals surface area contributed by atoms with Gasteiger partial charge in [-0.05, 0) is 6.42 Å². The SMILES string of the molecule is Nc1ncc2ncn(C3C=CC(CO)C3)c2n1. The van der Waals surface area contributed by atoms with Crippen LogP contribution in [0.5, 0.6) is 0 Å². The summed E-state index contributed by atoms with van der Waals surface area (Å²) < 4.78 is 1.97. The van der Waals surface area contributed by atoms with Crippen molar-refractivity contribution in [3.63, 3.8) is 0 Å². The second-order valence-corrected chi connectivity index (χ2v) is 4.22. The predicted octanol–water partition coefficient (Wildman–Crippen LogP) is 0.518. The fourth-order valence-electron chi connectivity index (χ4n) is 2.18. The van der Waals surface area contributed by atoms with Gasteiger partial charge in [0.2, 0.25) is 5.95 Å². The Hall–Kier alpha value is -1.95. The van der Waals surface area contributed by atoms with Crippen molar-refractivity contribution in [2.45, 2.75) is 12.5 Å². The lowest BCUT2D eigenvalue weighted by atomic mass is 10.1. The molecule has 1 aliphatic carbocycles.